The minimum atomic E-state index is -0.260. The molecule has 1 aliphatic heterocycles. The Morgan fingerprint density at radius 3 is 2.54 bits per heavy atom. The molecule has 3 rings (SSSR count). The molecule has 0 bridgehead atoms. The van der Waals surface area contributed by atoms with Gasteiger partial charge >= 0.3 is 6.03 Å². The van der Waals surface area contributed by atoms with E-state index in [-0.39, 0.29) is 17.9 Å². The largest absolute Gasteiger partial charge is 0.375 e. The summed E-state index contributed by atoms with van der Waals surface area (Å²) in [7, 11) is 3.76. The van der Waals surface area contributed by atoms with Gasteiger partial charge in [0.05, 0.1) is 22.3 Å². The van der Waals surface area contributed by atoms with E-state index in [1.165, 1.54) is 0 Å². The van der Waals surface area contributed by atoms with E-state index in [1.54, 1.807) is 11.0 Å². The van der Waals surface area contributed by atoms with Crippen LogP contribution in [0.15, 0.2) is 48.5 Å². The van der Waals surface area contributed by atoms with E-state index in [9.17, 15) is 9.59 Å². The molecule has 6 nitrogen and oxygen atoms in total. The number of hydrogen-bond donors (Lipinski definition) is 2. The highest BCUT2D eigenvalue weighted by Crippen LogP contribution is 2.33. The highest BCUT2D eigenvalue weighted by molar-refractivity contribution is 6.34. The quantitative estimate of drug-likeness (QED) is 0.804. The standard InChI is InChI=1S/C21H25ClN4O2/c1-25(2)19-17(22)11-6-12-18(19)24-20(27)15-8-7-13-26(14-15)21(28)23-16-9-4-3-5-10-16/h3-6,9-12,15H,7-8,13-14H2,1-2H3,(H,23,28)(H,24,27). The second kappa shape index (κ2) is 8.97. The van der Waals surface area contributed by atoms with Crippen LogP contribution in [0.5, 0.6) is 0 Å². The van der Waals surface area contributed by atoms with Crippen molar-refractivity contribution in [3.05, 3.63) is 53.6 Å². The van der Waals surface area contributed by atoms with E-state index in [4.69, 9.17) is 11.6 Å². The maximum Gasteiger partial charge on any atom is 0.321 e. The molecule has 2 N–H and O–H groups in total. The third-order valence-corrected chi connectivity index (χ3v) is 5.10. The first-order valence-electron chi connectivity index (χ1n) is 9.33. The molecule has 7 heteroatoms. The smallest absolute Gasteiger partial charge is 0.321 e. The molecule has 2 aromatic rings. The molecule has 1 atom stereocenters. The first-order chi connectivity index (χ1) is 13.5. The van der Waals surface area contributed by atoms with Gasteiger partial charge in [-0.05, 0) is 37.1 Å². The molecule has 1 heterocycles. The number of benzene rings is 2. The molecular formula is C21H25ClN4O2. The van der Waals surface area contributed by atoms with Crippen molar-refractivity contribution in [2.45, 2.75) is 12.8 Å². The number of urea groups is 1. The van der Waals surface area contributed by atoms with E-state index >= 15 is 0 Å². The number of halogens is 1. The summed E-state index contributed by atoms with van der Waals surface area (Å²) in [6.45, 7) is 1.03. The van der Waals surface area contributed by atoms with Crippen molar-refractivity contribution in [1.82, 2.24) is 4.90 Å². The normalized spacial score (nSPS) is 16.4. The molecule has 2 aromatic carbocycles. The predicted molar refractivity (Wildman–Crippen MR) is 114 cm³/mol. The van der Waals surface area contributed by atoms with Crippen molar-refractivity contribution in [3.8, 4) is 0 Å². The van der Waals surface area contributed by atoms with Gasteiger partial charge < -0.3 is 20.4 Å². The van der Waals surface area contributed by atoms with Crippen molar-refractivity contribution in [3.63, 3.8) is 0 Å². The van der Waals surface area contributed by atoms with Gasteiger partial charge in [0.25, 0.3) is 0 Å². The molecule has 0 saturated carbocycles. The summed E-state index contributed by atoms with van der Waals surface area (Å²) in [6, 6.07) is 14.6. The topological polar surface area (TPSA) is 64.7 Å². The van der Waals surface area contributed by atoms with Crippen molar-refractivity contribution in [2.24, 2.45) is 5.92 Å². The van der Waals surface area contributed by atoms with Gasteiger partial charge in [-0.3, -0.25) is 4.79 Å². The zero-order valence-corrected chi connectivity index (χ0v) is 16.9. The lowest BCUT2D eigenvalue weighted by Crippen LogP contribution is -2.45. The number of para-hydroxylation sites is 2. The molecule has 1 unspecified atom stereocenters. The lowest BCUT2D eigenvalue weighted by molar-refractivity contribution is -0.121. The van der Waals surface area contributed by atoms with Crippen molar-refractivity contribution in [2.75, 3.05) is 42.7 Å². The minimum absolute atomic E-state index is 0.0948. The molecule has 0 aromatic heterocycles. The Balaban J connectivity index is 1.65. The maximum absolute atomic E-state index is 12.8. The second-order valence-electron chi connectivity index (χ2n) is 7.10. The van der Waals surface area contributed by atoms with Crippen molar-refractivity contribution in [1.29, 1.82) is 0 Å². The summed E-state index contributed by atoms with van der Waals surface area (Å²) in [6.07, 6.45) is 1.54. The van der Waals surface area contributed by atoms with Crippen LogP contribution in [0.2, 0.25) is 5.02 Å². The summed E-state index contributed by atoms with van der Waals surface area (Å²) in [5, 5.41) is 6.45. The Kier molecular flexibility index (Phi) is 6.41. The van der Waals surface area contributed by atoms with Gasteiger partial charge in [-0.2, -0.15) is 0 Å². The average Bonchev–Trinajstić information content (AvgIpc) is 2.68. The Hall–Kier alpha value is -2.73. The summed E-state index contributed by atoms with van der Waals surface area (Å²) < 4.78 is 0. The monoisotopic (exact) mass is 400 g/mol. The minimum Gasteiger partial charge on any atom is -0.375 e. The molecule has 1 fully saturated rings. The van der Waals surface area contributed by atoms with Crippen LogP contribution in [0.25, 0.3) is 0 Å². The lowest BCUT2D eigenvalue weighted by Gasteiger charge is -2.32. The van der Waals surface area contributed by atoms with Gasteiger partial charge in [0.2, 0.25) is 5.91 Å². The number of rotatable bonds is 4. The summed E-state index contributed by atoms with van der Waals surface area (Å²) in [5.41, 5.74) is 2.19. The van der Waals surface area contributed by atoms with Gasteiger partial charge in [-0.25, -0.2) is 4.79 Å². The molecule has 0 radical (unpaired) electrons. The highest BCUT2D eigenvalue weighted by Gasteiger charge is 2.29. The zero-order chi connectivity index (χ0) is 20.1. The Morgan fingerprint density at radius 2 is 1.82 bits per heavy atom. The molecule has 3 amide bonds. The van der Waals surface area contributed by atoms with Gasteiger partial charge in [0.1, 0.15) is 0 Å². The van der Waals surface area contributed by atoms with Crippen LogP contribution in [0.3, 0.4) is 0 Å². The molecule has 148 valence electrons. The highest BCUT2D eigenvalue weighted by atomic mass is 35.5. The van der Waals surface area contributed by atoms with Gasteiger partial charge in [0, 0.05) is 32.9 Å². The average molecular weight is 401 g/mol. The number of nitrogens with one attached hydrogen (secondary N) is 2. The zero-order valence-electron chi connectivity index (χ0n) is 16.1. The van der Waals surface area contributed by atoms with Crippen LogP contribution in [-0.4, -0.2) is 44.0 Å². The van der Waals surface area contributed by atoms with E-state index < -0.39 is 0 Å². The molecular weight excluding hydrogens is 376 g/mol. The number of nitrogens with zero attached hydrogens (tertiary/aromatic N) is 2. The Labute approximate surface area is 170 Å². The van der Waals surface area contributed by atoms with E-state index in [0.29, 0.717) is 23.8 Å². The fourth-order valence-electron chi connectivity index (χ4n) is 3.41. The number of anilines is 3. The molecule has 0 aliphatic carbocycles. The number of carbonyl (C=O) groups excluding carboxylic acids is 2. The molecule has 1 aliphatic rings. The van der Waals surface area contributed by atoms with Crippen LogP contribution in [0.4, 0.5) is 21.9 Å². The summed E-state index contributed by atoms with van der Waals surface area (Å²) in [4.78, 5) is 29.0. The third-order valence-electron chi connectivity index (χ3n) is 4.80. The number of carbonyl (C=O) groups is 2. The summed E-state index contributed by atoms with van der Waals surface area (Å²) >= 11 is 6.28. The van der Waals surface area contributed by atoms with Crippen molar-refractivity contribution < 1.29 is 9.59 Å². The molecule has 0 spiro atoms. The number of piperidine rings is 1. The summed E-state index contributed by atoms with van der Waals surface area (Å²) in [5.74, 6) is -0.355. The van der Waals surface area contributed by atoms with Gasteiger partial charge in [0.15, 0.2) is 0 Å². The fraction of sp³-hybridized carbons (Fsp3) is 0.333. The van der Waals surface area contributed by atoms with E-state index in [0.717, 1.165) is 24.2 Å². The van der Waals surface area contributed by atoms with Crippen LogP contribution >= 0.6 is 11.6 Å². The van der Waals surface area contributed by atoms with Gasteiger partial charge in [-0.1, -0.05) is 35.9 Å². The maximum atomic E-state index is 12.8. The second-order valence-corrected chi connectivity index (χ2v) is 7.51. The fourth-order valence-corrected chi connectivity index (χ4v) is 3.75. The Morgan fingerprint density at radius 1 is 1.07 bits per heavy atom. The van der Waals surface area contributed by atoms with E-state index in [2.05, 4.69) is 10.6 Å². The number of amides is 3. The van der Waals surface area contributed by atoms with E-state index in [1.807, 2.05) is 61.5 Å². The number of likely N-dealkylation sites (tertiary alicyclic amines) is 1. The number of hydrogen-bond acceptors (Lipinski definition) is 3. The Bertz CT molecular complexity index is 842. The third kappa shape index (κ3) is 4.75. The lowest BCUT2D eigenvalue weighted by atomic mass is 9.97. The molecule has 1 saturated heterocycles. The molecule has 28 heavy (non-hydrogen) atoms. The van der Waals surface area contributed by atoms with Crippen LogP contribution in [-0.2, 0) is 4.79 Å². The van der Waals surface area contributed by atoms with Crippen LogP contribution in [0, 0.1) is 5.92 Å². The SMILES string of the molecule is CN(C)c1c(Cl)cccc1NC(=O)C1CCCN(C(=O)Nc2ccccc2)C1. The van der Waals surface area contributed by atoms with Crippen LogP contribution in [0.1, 0.15) is 12.8 Å². The van der Waals surface area contributed by atoms with Crippen LogP contribution < -0.4 is 15.5 Å². The van der Waals surface area contributed by atoms with Crippen molar-refractivity contribution >= 4 is 40.6 Å². The van der Waals surface area contributed by atoms with Gasteiger partial charge in [-0.15, -0.1) is 0 Å². The first-order valence-corrected chi connectivity index (χ1v) is 9.71. The first kappa shape index (κ1) is 20.0. The predicted octanol–water partition coefficient (Wildman–Crippen LogP) is 4.29.